The van der Waals surface area contributed by atoms with Gasteiger partial charge in [-0.1, -0.05) is 44.2 Å². The van der Waals surface area contributed by atoms with Gasteiger partial charge in [0, 0.05) is 11.3 Å². The number of hydrogen-bond acceptors (Lipinski definition) is 6. The number of amides is 3. The number of nitrogens with two attached hydrogens (primary N) is 1. The maximum Gasteiger partial charge on any atom is 0.408 e. The van der Waals surface area contributed by atoms with E-state index in [9.17, 15) is 14.4 Å². The van der Waals surface area contributed by atoms with Crippen molar-refractivity contribution < 1.29 is 23.9 Å². The van der Waals surface area contributed by atoms with Gasteiger partial charge in [-0.3, -0.25) is 9.59 Å². The SMILES string of the molecule is COc1ccc(NC(=O)c2ccc(N)c(NC(=O)[C@@H](NC(=O)OCc3ccccc3)C(C)C)c2)cc1. The standard InChI is InChI=1S/C27H30N4O5/c1-17(2)24(31-27(34)36-16-18-7-5-4-6-8-18)26(33)30-23-15-19(9-14-22(23)28)25(32)29-20-10-12-21(35-3)13-11-20/h4-15,17,24H,16,28H2,1-3H3,(H,29,32)(H,30,33)(H,31,34)/t24-/m0/s1. The van der Waals surface area contributed by atoms with Gasteiger partial charge in [-0.25, -0.2) is 4.79 Å². The van der Waals surface area contributed by atoms with Crippen LogP contribution in [0.3, 0.4) is 0 Å². The lowest BCUT2D eigenvalue weighted by Crippen LogP contribution is -2.47. The molecule has 0 aliphatic carbocycles. The first-order valence-corrected chi connectivity index (χ1v) is 11.4. The number of benzene rings is 3. The van der Waals surface area contributed by atoms with Crippen molar-refractivity contribution in [1.82, 2.24) is 5.32 Å². The molecule has 3 aromatic rings. The molecule has 0 aliphatic heterocycles. The molecule has 0 saturated heterocycles. The molecule has 36 heavy (non-hydrogen) atoms. The Hall–Kier alpha value is -4.53. The fourth-order valence-corrected chi connectivity index (χ4v) is 3.32. The Morgan fingerprint density at radius 1 is 0.917 bits per heavy atom. The van der Waals surface area contributed by atoms with Crippen molar-refractivity contribution in [2.75, 3.05) is 23.5 Å². The first-order valence-electron chi connectivity index (χ1n) is 11.4. The van der Waals surface area contributed by atoms with Crippen LogP contribution in [0.25, 0.3) is 0 Å². The number of carbonyl (C=O) groups is 3. The third-order valence-corrected chi connectivity index (χ3v) is 5.36. The molecule has 0 aromatic heterocycles. The molecule has 3 amide bonds. The maximum absolute atomic E-state index is 13.0. The minimum atomic E-state index is -0.885. The zero-order valence-electron chi connectivity index (χ0n) is 20.4. The number of nitrogens with one attached hydrogen (secondary N) is 3. The van der Waals surface area contributed by atoms with Crippen LogP contribution in [0.5, 0.6) is 5.75 Å². The van der Waals surface area contributed by atoms with Crippen molar-refractivity contribution in [1.29, 1.82) is 0 Å². The average molecular weight is 491 g/mol. The highest BCUT2D eigenvalue weighted by molar-refractivity contribution is 6.06. The lowest BCUT2D eigenvalue weighted by atomic mass is 10.0. The van der Waals surface area contributed by atoms with Crippen LogP contribution >= 0.6 is 0 Å². The number of methoxy groups -OCH3 is 1. The summed E-state index contributed by atoms with van der Waals surface area (Å²) in [6.45, 7) is 3.67. The number of carbonyl (C=O) groups excluding carboxylic acids is 3. The minimum absolute atomic E-state index is 0.0808. The molecule has 0 unspecified atom stereocenters. The van der Waals surface area contributed by atoms with E-state index in [0.29, 0.717) is 17.0 Å². The van der Waals surface area contributed by atoms with Crippen LogP contribution in [0, 0.1) is 5.92 Å². The van der Waals surface area contributed by atoms with Crippen molar-refractivity contribution in [3.63, 3.8) is 0 Å². The van der Waals surface area contributed by atoms with Crippen molar-refractivity contribution >= 4 is 35.0 Å². The van der Waals surface area contributed by atoms with Gasteiger partial charge in [-0.05, 0) is 53.9 Å². The molecule has 3 aromatic carbocycles. The molecule has 0 aliphatic rings. The van der Waals surface area contributed by atoms with Gasteiger partial charge in [0.2, 0.25) is 5.91 Å². The van der Waals surface area contributed by atoms with Crippen LogP contribution in [-0.2, 0) is 16.1 Å². The summed E-state index contributed by atoms with van der Waals surface area (Å²) in [7, 11) is 1.56. The third kappa shape index (κ3) is 7.23. The van der Waals surface area contributed by atoms with Gasteiger partial charge in [0.25, 0.3) is 5.91 Å². The Morgan fingerprint density at radius 3 is 2.25 bits per heavy atom. The summed E-state index contributed by atoms with van der Waals surface area (Å²) in [5.74, 6) is -0.431. The maximum atomic E-state index is 13.0. The third-order valence-electron chi connectivity index (χ3n) is 5.36. The Labute approximate surface area is 210 Å². The zero-order valence-corrected chi connectivity index (χ0v) is 20.4. The van der Waals surface area contributed by atoms with Gasteiger partial charge in [-0.15, -0.1) is 0 Å². The van der Waals surface area contributed by atoms with Gasteiger partial charge in [-0.2, -0.15) is 0 Å². The van der Waals surface area contributed by atoms with Crippen molar-refractivity contribution in [2.24, 2.45) is 5.92 Å². The smallest absolute Gasteiger partial charge is 0.408 e. The summed E-state index contributed by atoms with van der Waals surface area (Å²) < 4.78 is 10.4. The van der Waals surface area contributed by atoms with E-state index in [1.54, 1.807) is 51.3 Å². The Balaban J connectivity index is 1.64. The molecule has 0 radical (unpaired) electrons. The van der Waals surface area contributed by atoms with E-state index >= 15 is 0 Å². The lowest BCUT2D eigenvalue weighted by Gasteiger charge is -2.22. The molecule has 1 atom stereocenters. The largest absolute Gasteiger partial charge is 0.497 e. The van der Waals surface area contributed by atoms with Crippen LogP contribution in [0.2, 0.25) is 0 Å². The van der Waals surface area contributed by atoms with E-state index in [2.05, 4.69) is 16.0 Å². The molecule has 0 bridgehead atoms. The second kappa shape index (κ2) is 12.3. The number of nitrogen functional groups attached to an aromatic ring is 1. The van der Waals surface area contributed by atoms with Gasteiger partial charge in [0.05, 0.1) is 18.5 Å². The molecule has 0 heterocycles. The van der Waals surface area contributed by atoms with Crippen LogP contribution in [0.4, 0.5) is 21.9 Å². The summed E-state index contributed by atoms with van der Waals surface area (Å²) in [4.78, 5) is 38.0. The average Bonchev–Trinajstić information content (AvgIpc) is 2.88. The molecule has 0 fully saturated rings. The quantitative estimate of drug-likeness (QED) is 0.328. The summed E-state index contributed by atoms with van der Waals surface area (Å²) >= 11 is 0. The first kappa shape index (κ1) is 26.1. The molecule has 0 saturated carbocycles. The predicted molar refractivity (Wildman–Crippen MR) is 139 cm³/mol. The summed E-state index contributed by atoms with van der Waals surface area (Å²) in [6.07, 6.45) is -0.715. The van der Waals surface area contributed by atoms with Crippen LogP contribution in [-0.4, -0.2) is 31.1 Å². The van der Waals surface area contributed by atoms with Gasteiger partial charge in [0.15, 0.2) is 0 Å². The number of alkyl carbamates (subject to hydrolysis) is 1. The number of ether oxygens (including phenoxy) is 2. The molecule has 9 heteroatoms. The predicted octanol–water partition coefficient (Wildman–Crippen LogP) is 4.42. The normalized spacial score (nSPS) is 11.3. The molecule has 188 valence electrons. The van der Waals surface area contributed by atoms with Gasteiger partial charge < -0.3 is 31.2 Å². The van der Waals surface area contributed by atoms with Gasteiger partial charge >= 0.3 is 6.09 Å². The first-order chi connectivity index (χ1) is 17.3. The van der Waals surface area contributed by atoms with E-state index in [4.69, 9.17) is 15.2 Å². The fraction of sp³-hybridized carbons (Fsp3) is 0.222. The number of anilines is 3. The highest BCUT2D eigenvalue weighted by Crippen LogP contribution is 2.22. The Bertz CT molecular complexity index is 1200. The highest BCUT2D eigenvalue weighted by atomic mass is 16.5. The van der Waals surface area contributed by atoms with Crippen LogP contribution < -0.4 is 26.4 Å². The second-order valence-corrected chi connectivity index (χ2v) is 8.40. The molecule has 9 nitrogen and oxygen atoms in total. The summed E-state index contributed by atoms with van der Waals surface area (Å²) in [5.41, 5.74) is 8.28. The second-order valence-electron chi connectivity index (χ2n) is 8.40. The van der Waals surface area contributed by atoms with E-state index in [-0.39, 0.29) is 29.8 Å². The topological polar surface area (TPSA) is 132 Å². The number of hydrogen-bond donors (Lipinski definition) is 4. The van der Waals surface area contributed by atoms with Crippen LogP contribution in [0.15, 0.2) is 72.8 Å². The van der Waals surface area contributed by atoms with E-state index < -0.39 is 18.0 Å². The Morgan fingerprint density at radius 2 is 1.61 bits per heavy atom. The summed E-state index contributed by atoms with van der Waals surface area (Å²) in [5, 5.41) is 8.10. The van der Waals surface area contributed by atoms with E-state index in [0.717, 1.165) is 5.56 Å². The van der Waals surface area contributed by atoms with Crippen molar-refractivity contribution in [3.05, 3.63) is 83.9 Å². The highest BCUT2D eigenvalue weighted by Gasteiger charge is 2.26. The molecule has 0 spiro atoms. The van der Waals surface area contributed by atoms with E-state index in [1.165, 1.54) is 12.1 Å². The van der Waals surface area contributed by atoms with Crippen molar-refractivity contribution in [2.45, 2.75) is 26.5 Å². The van der Waals surface area contributed by atoms with Crippen molar-refractivity contribution in [3.8, 4) is 5.75 Å². The van der Waals surface area contributed by atoms with Gasteiger partial charge in [0.1, 0.15) is 18.4 Å². The van der Waals surface area contributed by atoms with Crippen LogP contribution in [0.1, 0.15) is 29.8 Å². The number of rotatable bonds is 9. The van der Waals surface area contributed by atoms with E-state index in [1.807, 2.05) is 30.3 Å². The molecular formula is C27H30N4O5. The summed E-state index contributed by atoms with van der Waals surface area (Å²) in [6, 6.07) is 19.8. The fourth-order valence-electron chi connectivity index (χ4n) is 3.32. The monoisotopic (exact) mass is 490 g/mol. The molecule has 3 rings (SSSR count). The zero-order chi connectivity index (χ0) is 26.1. The molecule has 5 N–H and O–H groups in total. The lowest BCUT2D eigenvalue weighted by molar-refractivity contribution is -0.119. The Kier molecular flexibility index (Phi) is 8.88. The minimum Gasteiger partial charge on any atom is -0.497 e. The molecular weight excluding hydrogens is 460 g/mol.